The molecule has 0 amide bonds. The number of aromatic carboxylic acids is 1. The highest BCUT2D eigenvalue weighted by atomic mass is 79.9. The maximum Gasteiger partial charge on any atom is 0.337 e. The molecule has 1 aromatic heterocycles. The van der Waals surface area contributed by atoms with Crippen molar-refractivity contribution in [1.82, 2.24) is 4.98 Å². The van der Waals surface area contributed by atoms with Crippen molar-refractivity contribution in [2.75, 3.05) is 0 Å². The van der Waals surface area contributed by atoms with Gasteiger partial charge in [0.25, 0.3) is 6.43 Å². The van der Waals surface area contributed by atoms with Crippen LogP contribution in [-0.2, 0) is 5.33 Å². The lowest BCUT2D eigenvalue weighted by Gasteiger charge is -2.08. The van der Waals surface area contributed by atoms with E-state index in [-0.39, 0.29) is 0 Å². The number of pyridine rings is 1. The molecule has 0 saturated carbocycles. The van der Waals surface area contributed by atoms with E-state index in [1.54, 1.807) is 6.92 Å². The molecule has 15 heavy (non-hydrogen) atoms. The van der Waals surface area contributed by atoms with E-state index in [0.717, 1.165) is 0 Å². The molecule has 1 N–H and O–H groups in total. The fraction of sp³-hybridized carbons (Fsp3) is 0.333. The number of carboxylic acids is 1. The van der Waals surface area contributed by atoms with Crippen molar-refractivity contribution in [1.29, 1.82) is 0 Å². The van der Waals surface area contributed by atoms with Crippen LogP contribution in [0.4, 0.5) is 8.78 Å². The molecule has 1 heterocycles. The minimum atomic E-state index is -2.88. The van der Waals surface area contributed by atoms with Gasteiger partial charge in [-0.15, -0.1) is 0 Å². The van der Waals surface area contributed by atoms with Gasteiger partial charge in [-0.05, 0) is 18.6 Å². The Kier molecular flexibility index (Phi) is 3.73. The Morgan fingerprint density at radius 3 is 2.67 bits per heavy atom. The fourth-order valence-corrected chi connectivity index (χ4v) is 1.71. The van der Waals surface area contributed by atoms with Crippen molar-refractivity contribution in [3.05, 3.63) is 28.6 Å². The van der Waals surface area contributed by atoms with E-state index < -0.39 is 23.7 Å². The Hall–Kier alpha value is -1.04. The Balaban J connectivity index is 3.39. The lowest BCUT2D eigenvalue weighted by molar-refractivity contribution is 0.0682. The van der Waals surface area contributed by atoms with Crippen LogP contribution in [0.25, 0.3) is 0 Å². The summed E-state index contributed by atoms with van der Waals surface area (Å²) in [7, 11) is 0. The molecule has 0 atom stereocenters. The number of hydrogen-bond donors (Lipinski definition) is 1. The van der Waals surface area contributed by atoms with Gasteiger partial charge in [0.15, 0.2) is 0 Å². The largest absolute Gasteiger partial charge is 0.478 e. The Morgan fingerprint density at radius 1 is 1.67 bits per heavy atom. The van der Waals surface area contributed by atoms with Gasteiger partial charge in [-0.2, -0.15) is 0 Å². The monoisotopic (exact) mass is 279 g/mol. The van der Waals surface area contributed by atoms with E-state index in [0.29, 0.717) is 16.6 Å². The third-order valence-corrected chi connectivity index (χ3v) is 2.53. The molecule has 0 aromatic carbocycles. The topological polar surface area (TPSA) is 50.2 Å². The molecule has 1 aromatic rings. The molecular weight excluding hydrogens is 272 g/mol. The van der Waals surface area contributed by atoms with Gasteiger partial charge in [0.1, 0.15) is 5.69 Å². The van der Waals surface area contributed by atoms with E-state index >= 15 is 0 Å². The van der Waals surface area contributed by atoms with Crippen LogP contribution in [0, 0.1) is 6.92 Å². The van der Waals surface area contributed by atoms with Gasteiger partial charge < -0.3 is 5.11 Å². The van der Waals surface area contributed by atoms with E-state index in [1.807, 2.05) is 0 Å². The fourth-order valence-electron chi connectivity index (χ4n) is 1.14. The Labute approximate surface area is 93.3 Å². The molecule has 0 fully saturated rings. The molecule has 3 nitrogen and oxygen atoms in total. The van der Waals surface area contributed by atoms with Crippen molar-refractivity contribution >= 4 is 21.9 Å². The van der Waals surface area contributed by atoms with Crippen LogP contribution in [0.15, 0.2) is 6.07 Å². The van der Waals surface area contributed by atoms with Gasteiger partial charge in [-0.3, -0.25) is 4.98 Å². The number of carbonyl (C=O) groups is 1. The van der Waals surface area contributed by atoms with Crippen molar-refractivity contribution in [2.24, 2.45) is 0 Å². The molecule has 0 radical (unpaired) electrons. The van der Waals surface area contributed by atoms with E-state index in [2.05, 4.69) is 20.9 Å². The molecule has 0 saturated heterocycles. The van der Waals surface area contributed by atoms with E-state index in [9.17, 15) is 13.6 Å². The molecule has 0 aliphatic heterocycles. The van der Waals surface area contributed by atoms with Gasteiger partial charge in [0, 0.05) is 11.0 Å². The summed E-state index contributed by atoms with van der Waals surface area (Å²) in [4.78, 5) is 14.3. The standard InChI is InChI=1S/C9H8BrF2NO2/c1-4-5(3-10)2-6(9(14)15)7(13-4)8(11)12/h2,8H,3H2,1H3,(H,14,15). The predicted molar refractivity (Wildman–Crippen MR) is 53.5 cm³/mol. The highest BCUT2D eigenvalue weighted by Crippen LogP contribution is 2.24. The first-order valence-electron chi connectivity index (χ1n) is 4.05. The number of nitrogens with zero attached hydrogens (tertiary/aromatic N) is 1. The van der Waals surface area contributed by atoms with E-state index in [1.165, 1.54) is 6.07 Å². The molecule has 0 spiro atoms. The van der Waals surface area contributed by atoms with E-state index in [4.69, 9.17) is 5.11 Å². The van der Waals surface area contributed by atoms with Gasteiger partial charge in [-0.25, -0.2) is 13.6 Å². The zero-order chi connectivity index (χ0) is 11.6. The SMILES string of the molecule is Cc1nc(C(F)F)c(C(=O)O)cc1CBr. The lowest BCUT2D eigenvalue weighted by Crippen LogP contribution is -2.08. The minimum absolute atomic E-state index is 0.385. The molecule has 6 heteroatoms. The predicted octanol–water partition coefficient (Wildman–Crippen LogP) is 2.92. The number of alkyl halides is 3. The lowest BCUT2D eigenvalue weighted by atomic mass is 10.1. The molecule has 0 bridgehead atoms. The minimum Gasteiger partial charge on any atom is -0.478 e. The molecule has 82 valence electrons. The Bertz CT molecular complexity index is 396. The third kappa shape index (κ3) is 2.50. The molecule has 0 aliphatic rings. The first-order valence-corrected chi connectivity index (χ1v) is 5.17. The zero-order valence-electron chi connectivity index (χ0n) is 7.80. The molecular formula is C9H8BrF2NO2. The summed E-state index contributed by atoms with van der Waals surface area (Å²) in [6.07, 6.45) is -2.88. The van der Waals surface area contributed by atoms with Crippen molar-refractivity contribution in [2.45, 2.75) is 18.7 Å². The highest BCUT2D eigenvalue weighted by molar-refractivity contribution is 9.08. The second-order valence-corrected chi connectivity index (χ2v) is 3.47. The third-order valence-electron chi connectivity index (χ3n) is 1.93. The van der Waals surface area contributed by atoms with Gasteiger partial charge in [0.05, 0.1) is 5.56 Å². The Morgan fingerprint density at radius 2 is 2.27 bits per heavy atom. The van der Waals surface area contributed by atoms with Crippen LogP contribution in [0.2, 0.25) is 0 Å². The van der Waals surface area contributed by atoms with Gasteiger partial charge in [-0.1, -0.05) is 15.9 Å². The van der Waals surface area contributed by atoms with Crippen molar-refractivity contribution < 1.29 is 18.7 Å². The van der Waals surface area contributed by atoms with Gasteiger partial charge in [0.2, 0.25) is 0 Å². The summed E-state index contributed by atoms with van der Waals surface area (Å²) in [5, 5.41) is 9.12. The summed E-state index contributed by atoms with van der Waals surface area (Å²) < 4.78 is 24.9. The number of halogens is 3. The first kappa shape index (κ1) is 12.0. The van der Waals surface area contributed by atoms with Crippen LogP contribution in [0.5, 0.6) is 0 Å². The second kappa shape index (κ2) is 4.65. The summed E-state index contributed by atoms with van der Waals surface area (Å²) in [5.41, 5.74) is -0.112. The first-order chi connectivity index (χ1) is 6.97. The van der Waals surface area contributed by atoms with Crippen LogP contribution in [-0.4, -0.2) is 16.1 Å². The average molecular weight is 280 g/mol. The van der Waals surface area contributed by atoms with Crippen molar-refractivity contribution in [3.8, 4) is 0 Å². The number of hydrogen-bond acceptors (Lipinski definition) is 2. The number of carboxylic acid groups (broad SMARTS) is 1. The number of aryl methyl sites for hydroxylation is 1. The molecule has 1 rings (SSSR count). The zero-order valence-corrected chi connectivity index (χ0v) is 9.38. The summed E-state index contributed by atoms with van der Waals surface area (Å²) in [5.74, 6) is -1.39. The van der Waals surface area contributed by atoms with Crippen LogP contribution in [0.3, 0.4) is 0 Å². The van der Waals surface area contributed by atoms with Crippen molar-refractivity contribution in [3.63, 3.8) is 0 Å². The highest BCUT2D eigenvalue weighted by Gasteiger charge is 2.21. The van der Waals surface area contributed by atoms with Crippen LogP contribution >= 0.6 is 15.9 Å². The average Bonchev–Trinajstić information content (AvgIpc) is 2.16. The van der Waals surface area contributed by atoms with Crippen LogP contribution < -0.4 is 0 Å². The molecule has 0 unspecified atom stereocenters. The smallest absolute Gasteiger partial charge is 0.337 e. The second-order valence-electron chi connectivity index (χ2n) is 2.91. The summed E-state index contributed by atoms with van der Waals surface area (Å²) in [6, 6.07) is 1.22. The molecule has 0 aliphatic carbocycles. The normalized spacial score (nSPS) is 10.7. The quantitative estimate of drug-likeness (QED) is 0.866. The number of aromatic nitrogens is 1. The van der Waals surface area contributed by atoms with Gasteiger partial charge >= 0.3 is 5.97 Å². The van der Waals surface area contributed by atoms with Crippen LogP contribution in [0.1, 0.15) is 33.7 Å². The maximum absolute atomic E-state index is 12.5. The maximum atomic E-state index is 12.5. The summed E-state index contributed by atoms with van der Waals surface area (Å²) >= 11 is 3.13. The summed E-state index contributed by atoms with van der Waals surface area (Å²) in [6.45, 7) is 1.56. The number of rotatable bonds is 3.